The van der Waals surface area contributed by atoms with Crippen LogP contribution < -0.4 is 5.32 Å². The van der Waals surface area contributed by atoms with Gasteiger partial charge in [-0.2, -0.15) is 0 Å². The zero-order valence-corrected chi connectivity index (χ0v) is 12.0. The third-order valence-electron chi connectivity index (χ3n) is 4.20. The first kappa shape index (κ1) is 12.5. The van der Waals surface area contributed by atoms with Gasteiger partial charge < -0.3 is 10.3 Å². The van der Waals surface area contributed by atoms with Crippen LogP contribution >= 0.6 is 0 Å². The Labute approximate surface area is 102 Å². The van der Waals surface area contributed by atoms with E-state index in [4.69, 9.17) is 0 Å². The minimum Gasteiger partial charge on any atom is -0.455 e. The van der Waals surface area contributed by atoms with Crippen LogP contribution in [0.5, 0.6) is 0 Å². The molecule has 0 amide bonds. The van der Waals surface area contributed by atoms with Crippen LogP contribution in [0.4, 0.5) is 0 Å². The van der Waals surface area contributed by atoms with Crippen molar-refractivity contribution >= 4 is 10.3 Å². The largest absolute Gasteiger partial charge is 0.455 e. The lowest BCUT2D eigenvalue weighted by Crippen LogP contribution is -2.52. The Morgan fingerprint density at radius 2 is 2.25 bits per heavy atom. The molecule has 94 valence electrons. The van der Waals surface area contributed by atoms with E-state index >= 15 is 0 Å². The standard InChI is InChI=1S/C13H25N2S/c1-6-7-11-14-12-10(2)8-16(5)9-13(12,3)15(11)4/h10-12,14H,6-8H2,1-5H3/q-1. The molecule has 1 saturated heterocycles. The molecule has 0 aliphatic carbocycles. The first-order chi connectivity index (χ1) is 7.49. The fourth-order valence-corrected chi connectivity index (χ4v) is 5.35. The second-order valence-electron chi connectivity index (χ2n) is 5.59. The van der Waals surface area contributed by atoms with Crippen molar-refractivity contribution in [1.82, 2.24) is 10.2 Å². The Bertz CT molecular complexity index is 354. The molecule has 4 unspecified atom stereocenters. The molecule has 2 aliphatic heterocycles. The minimum atomic E-state index is 0.148. The fourth-order valence-electron chi connectivity index (χ4n) is 3.31. The summed E-state index contributed by atoms with van der Waals surface area (Å²) in [5.74, 6) is 2.07. The molecule has 2 rings (SSSR count). The number of fused-ring (bicyclic) bond motifs is 1. The van der Waals surface area contributed by atoms with Gasteiger partial charge in [0.25, 0.3) is 0 Å². The zero-order chi connectivity index (χ0) is 11.9. The van der Waals surface area contributed by atoms with E-state index in [2.05, 4.69) is 49.5 Å². The van der Waals surface area contributed by atoms with Crippen molar-refractivity contribution in [2.45, 2.75) is 51.4 Å². The lowest BCUT2D eigenvalue weighted by molar-refractivity contribution is 0.177. The van der Waals surface area contributed by atoms with E-state index in [0.29, 0.717) is 22.5 Å². The van der Waals surface area contributed by atoms with Crippen LogP contribution in [0.2, 0.25) is 0 Å². The van der Waals surface area contributed by atoms with Crippen molar-refractivity contribution in [1.29, 1.82) is 0 Å². The van der Waals surface area contributed by atoms with E-state index in [-0.39, 0.29) is 5.54 Å². The normalized spacial score (nSPS) is 44.9. The average Bonchev–Trinajstić information content (AvgIpc) is 2.42. The molecule has 2 heterocycles. The van der Waals surface area contributed by atoms with Gasteiger partial charge in [-0.3, -0.25) is 15.4 Å². The average molecular weight is 241 g/mol. The molecule has 4 atom stereocenters. The summed E-state index contributed by atoms with van der Waals surface area (Å²) in [5, 5.41) is 7.64. The first-order valence-electron chi connectivity index (χ1n) is 6.38. The maximum absolute atomic E-state index is 3.82. The molecule has 0 spiro atoms. The molecule has 3 heteroatoms. The monoisotopic (exact) mass is 241 g/mol. The Morgan fingerprint density at radius 1 is 1.56 bits per heavy atom. The molecule has 0 bridgehead atoms. The number of likely N-dealkylation sites (N-methyl/N-ethyl adjacent to an activating group) is 1. The number of hydrogen-bond donors (Lipinski definition) is 1. The highest BCUT2D eigenvalue weighted by Gasteiger charge is 2.47. The quantitative estimate of drug-likeness (QED) is 0.739. The lowest BCUT2D eigenvalue weighted by Gasteiger charge is -2.44. The molecule has 0 aromatic heterocycles. The first-order valence-corrected chi connectivity index (χ1v) is 8.18. The molecule has 0 radical (unpaired) electrons. The highest BCUT2D eigenvalue weighted by atomic mass is 32.2. The van der Waals surface area contributed by atoms with Gasteiger partial charge in [0.05, 0.1) is 11.7 Å². The van der Waals surface area contributed by atoms with Gasteiger partial charge in [0.1, 0.15) is 0 Å². The van der Waals surface area contributed by atoms with Crippen LogP contribution in [0.25, 0.3) is 0 Å². The highest BCUT2D eigenvalue weighted by molar-refractivity contribution is 7.86. The van der Waals surface area contributed by atoms with E-state index < -0.39 is 0 Å². The maximum atomic E-state index is 3.82. The van der Waals surface area contributed by atoms with E-state index in [1.807, 2.05) is 0 Å². The summed E-state index contributed by atoms with van der Waals surface area (Å²) in [7, 11) is 2.62. The van der Waals surface area contributed by atoms with Crippen molar-refractivity contribution < 1.29 is 0 Å². The number of nitrogens with zero attached hydrogens (tertiary/aromatic N) is 1. The Morgan fingerprint density at radius 3 is 2.88 bits per heavy atom. The predicted octanol–water partition coefficient (Wildman–Crippen LogP) is 1.63. The van der Waals surface area contributed by atoms with Gasteiger partial charge in [-0.25, -0.2) is 0 Å². The summed E-state index contributed by atoms with van der Waals surface area (Å²) in [4.78, 5) is 2.51. The van der Waals surface area contributed by atoms with E-state index in [1.165, 1.54) is 18.6 Å². The SMILES string of the molecule is CCCC1NC2C(C)C[S-](C)#CC2(C)N1C. The van der Waals surface area contributed by atoms with E-state index in [0.717, 1.165) is 5.92 Å². The van der Waals surface area contributed by atoms with Gasteiger partial charge in [0, 0.05) is 6.04 Å². The molecule has 2 aliphatic rings. The van der Waals surface area contributed by atoms with Crippen molar-refractivity contribution in [2.75, 3.05) is 19.1 Å². The summed E-state index contributed by atoms with van der Waals surface area (Å²) in [6, 6.07) is 0.595. The van der Waals surface area contributed by atoms with Gasteiger partial charge in [-0.05, 0) is 26.3 Å². The lowest BCUT2D eigenvalue weighted by atomic mass is 9.87. The van der Waals surface area contributed by atoms with Crippen LogP contribution in [0.15, 0.2) is 0 Å². The molecule has 0 saturated carbocycles. The molecule has 2 nitrogen and oxygen atoms in total. The second-order valence-corrected chi connectivity index (χ2v) is 7.40. The third kappa shape index (κ3) is 1.84. The van der Waals surface area contributed by atoms with Crippen LogP contribution in [0, 0.1) is 11.1 Å². The van der Waals surface area contributed by atoms with Gasteiger partial charge in [0.2, 0.25) is 0 Å². The summed E-state index contributed by atoms with van der Waals surface area (Å²) in [6.07, 6.45) is 5.37. The van der Waals surface area contributed by atoms with Gasteiger partial charge in [0.15, 0.2) is 0 Å². The molecule has 0 aromatic carbocycles. The van der Waals surface area contributed by atoms with Crippen LogP contribution in [-0.4, -0.2) is 41.7 Å². The van der Waals surface area contributed by atoms with E-state index in [9.17, 15) is 0 Å². The third-order valence-corrected chi connectivity index (χ3v) is 5.99. The van der Waals surface area contributed by atoms with Crippen molar-refractivity contribution in [2.24, 2.45) is 5.92 Å². The Balaban J connectivity index is 2.30. The summed E-state index contributed by atoms with van der Waals surface area (Å²) in [6.45, 7) is 7.02. The minimum absolute atomic E-state index is 0.148. The van der Waals surface area contributed by atoms with Crippen molar-refractivity contribution in [3.05, 3.63) is 0 Å². The summed E-state index contributed by atoms with van der Waals surface area (Å²) >= 11 is 0. The Kier molecular flexibility index (Phi) is 3.42. The predicted molar refractivity (Wildman–Crippen MR) is 73.0 cm³/mol. The molecular formula is C13H25N2S-. The molecule has 1 N–H and O–H groups in total. The van der Waals surface area contributed by atoms with Gasteiger partial charge in [-0.1, -0.05) is 20.3 Å². The Hall–Kier alpha value is 0.0500. The van der Waals surface area contributed by atoms with Gasteiger partial charge >= 0.3 is 0 Å². The zero-order valence-electron chi connectivity index (χ0n) is 11.2. The molecule has 16 heavy (non-hydrogen) atoms. The number of nitrogens with one attached hydrogen (secondary N) is 1. The maximum Gasteiger partial charge on any atom is 0.0631 e. The summed E-state index contributed by atoms with van der Waals surface area (Å²) in [5.41, 5.74) is 0.148. The van der Waals surface area contributed by atoms with Crippen molar-refractivity contribution in [3.8, 4) is 5.18 Å². The van der Waals surface area contributed by atoms with Crippen LogP contribution in [0.1, 0.15) is 33.6 Å². The number of hydrogen-bond acceptors (Lipinski definition) is 3. The topological polar surface area (TPSA) is 15.3 Å². The second kappa shape index (κ2) is 4.38. The smallest absolute Gasteiger partial charge is 0.0631 e. The molecular weight excluding hydrogens is 216 g/mol. The van der Waals surface area contributed by atoms with Crippen molar-refractivity contribution in [3.63, 3.8) is 0 Å². The highest BCUT2D eigenvalue weighted by Crippen LogP contribution is 2.34. The number of rotatable bonds is 2. The van der Waals surface area contributed by atoms with Crippen LogP contribution in [-0.2, 0) is 10.3 Å². The molecule has 1 fully saturated rings. The fraction of sp³-hybridized carbons (Fsp3) is 0.923. The molecule has 0 aromatic rings. The van der Waals surface area contributed by atoms with Crippen LogP contribution in [0.3, 0.4) is 0 Å². The van der Waals surface area contributed by atoms with Gasteiger partial charge in [-0.15, -0.1) is 12.0 Å². The summed E-state index contributed by atoms with van der Waals surface area (Å²) < 4.78 is 0. The van der Waals surface area contributed by atoms with E-state index in [1.54, 1.807) is 0 Å².